The highest BCUT2D eigenvalue weighted by molar-refractivity contribution is 7.80. The lowest BCUT2D eigenvalue weighted by atomic mass is 10.3. The molecule has 3 N–H and O–H groups in total. The Morgan fingerprint density at radius 1 is 1.53 bits per heavy atom. The Kier molecular flexibility index (Phi) is 4.98. The quantitative estimate of drug-likeness (QED) is 0.615. The highest BCUT2D eigenvalue weighted by atomic mass is 32.1. The average molecular weight is 229 g/mol. The van der Waals surface area contributed by atoms with Crippen molar-refractivity contribution < 1.29 is 4.79 Å². The van der Waals surface area contributed by atoms with Crippen LogP contribution in [0.15, 0.2) is 0 Å². The maximum absolute atomic E-state index is 11.5. The summed E-state index contributed by atoms with van der Waals surface area (Å²) < 4.78 is 0. The van der Waals surface area contributed by atoms with Crippen LogP contribution in [-0.4, -0.2) is 41.5 Å². The van der Waals surface area contributed by atoms with Crippen molar-refractivity contribution in [2.75, 3.05) is 19.6 Å². The van der Waals surface area contributed by atoms with E-state index in [1.807, 2.05) is 4.90 Å². The molecule has 0 radical (unpaired) electrons. The standard InChI is InChI=1S/C10H19N3OS/c1-2-5-13(6-9(11)15)7-10(14)12-8-3-4-8/h8H,2-7H2,1H3,(H2,11,15)(H,12,14). The monoisotopic (exact) mass is 229 g/mol. The van der Waals surface area contributed by atoms with Crippen molar-refractivity contribution in [3.8, 4) is 0 Å². The van der Waals surface area contributed by atoms with E-state index in [2.05, 4.69) is 12.2 Å². The van der Waals surface area contributed by atoms with Crippen LogP contribution in [0.1, 0.15) is 26.2 Å². The molecule has 0 unspecified atom stereocenters. The summed E-state index contributed by atoms with van der Waals surface area (Å²) in [6.07, 6.45) is 3.24. The molecule has 1 saturated carbocycles. The highest BCUT2D eigenvalue weighted by Gasteiger charge is 2.23. The Balaban J connectivity index is 2.27. The van der Waals surface area contributed by atoms with Crippen LogP contribution in [0.4, 0.5) is 0 Å². The zero-order valence-corrected chi connectivity index (χ0v) is 9.98. The van der Waals surface area contributed by atoms with Crippen molar-refractivity contribution in [3.05, 3.63) is 0 Å². The SMILES string of the molecule is CCCN(CC(=O)NC1CC1)CC(N)=S. The molecule has 0 spiro atoms. The lowest BCUT2D eigenvalue weighted by Crippen LogP contribution is -2.41. The molecule has 1 fully saturated rings. The van der Waals surface area contributed by atoms with Crippen LogP contribution in [0.5, 0.6) is 0 Å². The summed E-state index contributed by atoms with van der Waals surface area (Å²) in [5.41, 5.74) is 5.47. The topological polar surface area (TPSA) is 58.4 Å². The second-order valence-electron chi connectivity index (χ2n) is 4.02. The maximum Gasteiger partial charge on any atom is 0.234 e. The Bertz CT molecular complexity index is 241. The Morgan fingerprint density at radius 2 is 2.20 bits per heavy atom. The number of thiocarbonyl (C=S) groups is 1. The second kappa shape index (κ2) is 6.02. The third-order valence-corrected chi connectivity index (χ3v) is 2.36. The predicted octanol–water partition coefficient (Wildman–Crippen LogP) is 0.263. The van der Waals surface area contributed by atoms with Gasteiger partial charge in [-0.25, -0.2) is 0 Å². The summed E-state index contributed by atoms with van der Waals surface area (Å²) >= 11 is 4.84. The molecule has 86 valence electrons. The lowest BCUT2D eigenvalue weighted by Gasteiger charge is -2.20. The minimum Gasteiger partial charge on any atom is -0.392 e. The molecule has 1 amide bonds. The Labute approximate surface area is 96.2 Å². The molecule has 1 rings (SSSR count). The van der Waals surface area contributed by atoms with Gasteiger partial charge in [-0.05, 0) is 25.8 Å². The highest BCUT2D eigenvalue weighted by Crippen LogP contribution is 2.18. The van der Waals surface area contributed by atoms with Gasteiger partial charge in [0.25, 0.3) is 0 Å². The molecule has 0 heterocycles. The minimum absolute atomic E-state index is 0.0854. The zero-order chi connectivity index (χ0) is 11.3. The van der Waals surface area contributed by atoms with Gasteiger partial charge in [0.2, 0.25) is 5.91 Å². The molecule has 0 aliphatic heterocycles. The summed E-state index contributed by atoms with van der Waals surface area (Å²) in [5, 5.41) is 2.95. The molecular formula is C10H19N3OS. The third-order valence-electron chi connectivity index (χ3n) is 2.23. The van der Waals surface area contributed by atoms with Crippen LogP contribution in [-0.2, 0) is 4.79 Å². The average Bonchev–Trinajstić information content (AvgIpc) is 2.86. The van der Waals surface area contributed by atoms with E-state index in [4.69, 9.17) is 18.0 Å². The first-order valence-corrected chi connectivity index (χ1v) is 5.82. The van der Waals surface area contributed by atoms with Crippen LogP contribution in [0, 0.1) is 0 Å². The van der Waals surface area contributed by atoms with E-state index in [0.29, 0.717) is 24.1 Å². The van der Waals surface area contributed by atoms with Crippen molar-refractivity contribution in [2.45, 2.75) is 32.2 Å². The van der Waals surface area contributed by atoms with E-state index in [0.717, 1.165) is 25.8 Å². The van der Waals surface area contributed by atoms with Crippen molar-refractivity contribution in [2.24, 2.45) is 5.73 Å². The van der Waals surface area contributed by atoms with E-state index in [-0.39, 0.29) is 5.91 Å². The van der Waals surface area contributed by atoms with Crippen molar-refractivity contribution in [3.63, 3.8) is 0 Å². The van der Waals surface area contributed by atoms with Crippen molar-refractivity contribution in [1.82, 2.24) is 10.2 Å². The van der Waals surface area contributed by atoms with Crippen molar-refractivity contribution in [1.29, 1.82) is 0 Å². The number of nitrogens with one attached hydrogen (secondary N) is 1. The van der Waals surface area contributed by atoms with Gasteiger partial charge in [0.15, 0.2) is 0 Å². The molecule has 5 heteroatoms. The van der Waals surface area contributed by atoms with Gasteiger partial charge in [-0.2, -0.15) is 0 Å². The summed E-state index contributed by atoms with van der Waals surface area (Å²) in [5.74, 6) is 0.0854. The van der Waals surface area contributed by atoms with Gasteiger partial charge in [0.05, 0.1) is 11.5 Å². The minimum atomic E-state index is 0.0854. The van der Waals surface area contributed by atoms with Crippen LogP contribution < -0.4 is 11.1 Å². The molecule has 0 aromatic heterocycles. The van der Waals surface area contributed by atoms with E-state index in [1.165, 1.54) is 0 Å². The van der Waals surface area contributed by atoms with Gasteiger partial charge in [-0.1, -0.05) is 19.1 Å². The lowest BCUT2D eigenvalue weighted by molar-refractivity contribution is -0.122. The number of hydrogen-bond donors (Lipinski definition) is 2. The first-order chi connectivity index (χ1) is 7.11. The van der Waals surface area contributed by atoms with Crippen LogP contribution in [0.25, 0.3) is 0 Å². The summed E-state index contributed by atoms with van der Waals surface area (Å²) in [6.45, 7) is 3.86. The molecule has 0 bridgehead atoms. The number of rotatable bonds is 7. The Hall–Kier alpha value is -0.680. The first kappa shape index (κ1) is 12.4. The molecule has 4 nitrogen and oxygen atoms in total. The third kappa shape index (κ3) is 5.69. The van der Waals surface area contributed by atoms with E-state index >= 15 is 0 Å². The Morgan fingerprint density at radius 3 is 2.67 bits per heavy atom. The molecule has 1 aliphatic rings. The smallest absolute Gasteiger partial charge is 0.234 e. The van der Waals surface area contributed by atoms with Crippen LogP contribution >= 0.6 is 12.2 Å². The maximum atomic E-state index is 11.5. The molecule has 1 aliphatic carbocycles. The zero-order valence-electron chi connectivity index (χ0n) is 9.16. The molecule has 0 saturated heterocycles. The number of nitrogens with zero attached hydrogens (tertiary/aromatic N) is 1. The van der Waals surface area contributed by atoms with E-state index in [9.17, 15) is 4.79 Å². The normalized spacial score (nSPS) is 15.3. The van der Waals surface area contributed by atoms with E-state index < -0.39 is 0 Å². The summed E-state index contributed by atoms with van der Waals surface area (Å²) in [6, 6.07) is 0.422. The molecular weight excluding hydrogens is 210 g/mol. The first-order valence-electron chi connectivity index (χ1n) is 5.41. The van der Waals surface area contributed by atoms with Gasteiger partial charge in [0, 0.05) is 12.6 Å². The van der Waals surface area contributed by atoms with Crippen LogP contribution in [0.3, 0.4) is 0 Å². The number of carbonyl (C=O) groups excluding carboxylic acids is 1. The molecule has 15 heavy (non-hydrogen) atoms. The predicted molar refractivity (Wildman–Crippen MR) is 64.7 cm³/mol. The summed E-state index contributed by atoms with van der Waals surface area (Å²) in [7, 11) is 0. The molecule has 0 atom stereocenters. The van der Waals surface area contributed by atoms with E-state index in [1.54, 1.807) is 0 Å². The fourth-order valence-electron chi connectivity index (χ4n) is 1.45. The molecule has 0 aromatic rings. The molecule has 0 aromatic carbocycles. The van der Waals surface area contributed by atoms with Gasteiger partial charge in [0.1, 0.15) is 0 Å². The van der Waals surface area contributed by atoms with Gasteiger partial charge < -0.3 is 11.1 Å². The number of hydrogen-bond acceptors (Lipinski definition) is 3. The summed E-state index contributed by atoms with van der Waals surface area (Å²) in [4.78, 5) is 14.0. The fraction of sp³-hybridized carbons (Fsp3) is 0.800. The number of nitrogens with two attached hydrogens (primary N) is 1. The second-order valence-corrected chi connectivity index (χ2v) is 4.54. The fourth-order valence-corrected chi connectivity index (χ4v) is 1.64. The number of carbonyl (C=O) groups is 1. The van der Waals surface area contributed by atoms with Crippen LogP contribution in [0.2, 0.25) is 0 Å². The van der Waals surface area contributed by atoms with Crippen molar-refractivity contribution >= 4 is 23.1 Å². The van der Waals surface area contributed by atoms with Gasteiger partial charge in [-0.15, -0.1) is 0 Å². The van der Waals surface area contributed by atoms with Gasteiger partial charge >= 0.3 is 0 Å². The van der Waals surface area contributed by atoms with Gasteiger partial charge in [-0.3, -0.25) is 9.69 Å². The number of amides is 1. The largest absolute Gasteiger partial charge is 0.392 e.